The number of carboxylic acids is 1. The van der Waals surface area contributed by atoms with Crippen molar-refractivity contribution >= 4 is 23.6 Å². The minimum absolute atomic E-state index is 0.0713. The van der Waals surface area contributed by atoms with E-state index in [9.17, 15) is 24.9 Å². The molecule has 0 radical (unpaired) electrons. The van der Waals surface area contributed by atoms with Crippen LogP contribution in [-0.4, -0.2) is 96.7 Å². The maximum Gasteiger partial charge on any atom is 0.370 e. The highest BCUT2D eigenvalue weighted by atomic mass is 32.2. The van der Waals surface area contributed by atoms with Crippen LogP contribution in [0.1, 0.15) is 19.5 Å². The molecule has 12 nitrogen and oxygen atoms in total. The molecule has 1 aromatic rings. The molecule has 0 saturated heterocycles. The van der Waals surface area contributed by atoms with Gasteiger partial charge in [-0.2, -0.15) is 11.8 Å². The van der Waals surface area contributed by atoms with Crippen LogP contribution >= 0.6 is 11.8 Å². The highest BCUT2D eigenvalue weighted by molar-refractivity contribution is 7.98. The van der Waals surface area contributed by atoms with Gasteiger partial charge in [0.15, 0.2) is 6.10 Å². The maximum absolute atomic E-state index is 11.4. The molecule has 0 unspecified atom stereocenters. The third-order valence-electron chi connectivity index (χ3n) is 4.41. The molecule has 5 atom stereocenters. The Morgan fingerprint density at radius 3 is 2.81 bits per heavy atom. The highest BCUT2D eigenvalue weighted by Crippen LogP contribution is 2.24. The van der Waals surface area contributed by atoms with Crippen LogP contribution in [0, 0.1) is 0 Å². The first-order chi connectivity index (χ1) is 14.7. The fourth-order valence-electron chi connectivity index (χ4n) is 2.94. The number of aliphatic hydroxyl groups excluding tert-OH is 3. The molecule has 1 amide bonds. The molecule has 0 aliphatic carbocycles. The average molecular weight is 461 g/mol. The van der Waals surface area contributed by atoms with Gasteiger partial charge in [-0.15, -0.1) is 5.10 Å². The second-order valence-corrected chi connectivity index (χ2v) is 7.91. The molecule has 1 aromatic heterocycles. The maximum atomic E-state index is 11.4. The van der Waals surface area contributed by atoms with Crippen LogP contribution in [0.3, 0.4) is 0 Å². The first-order valence-corrected chi connectivity index (χ1v) is 10.9. The van der Waals surface area contributed by atoms with E-state index in [4.69, 9.17) is 14.6 Å². The number of rotatable bonds is 12. The zero-order chi connectivity index (χ0) is 23.0. The molecule has 2 rings (SSSR count). The zero-order valence-electron chi connectivity index (χ0n) is 17.2. The summed E-state index contributed by atoms with van der Waals surface area (Å²) in [7, 11) is 0. The lowest BCUT2D eigenvalue weighted by atomic mass is 9.94. The number of nitrogens with zero attached hydrogens (tertiary/aromatic N) is 3. The smallest absolute Gasteiger partial charge is 0.370 e. The standard InChI is InChI=1S/C18H28N4O8S/c1-3-29-5-4-22-7-11(20-21-22)8-31-9-13(25)16(26)17-15(19-10(2)23)12(24)6-14(30-17)18(27)28/h6-7,12-13,15-17,24-26H,3-5,8-9H2,1-2H3,(H,19,23)(H,27,28)/t12-,13+,15+,16+,17+/m0/s1. The number of carbonyl (C=O) groups excluding carboxylic acids is 1. The van der Waals surface area contributed by atoms with Crippen molar-refractivity contribution in [2.75, 3.05) is 19.0 Å². The molecule has 1 aliphatic heterocycles. The lowest BCUT2D eigenvalue weighted by Crippen LogP contribution is -2.59. The predicted octanol–water partition coefficient (Wildman–Crippen LogP) is -1.50. The molecule has 0 fully saturated rings. The van der Waals surface area contributed by atoms with Crippen molar-refractivity contribution in [2.45, 2.75) is 56.6 Å². The summed E-state index contributed by atoms with van der Waals surface area (Å²) in [6.45, 7) is 4.82. The number of amides is 1. The van der Waals surface area contributed by atoms with Crippen molar-refractivity contribution in [1.82, 2.24) is 20.3 Å². The predicted molar refractivity (Wildman–Crippen MR) is 109 cm³/mol. The number of aliphatic carboxylic acids is 1. The molecular formula is C18H28N4O8S. The van der Waals surface area contributed by atoms with E-state index in [0.717, 1.165) is 6.08 Å². The summed E-state index contributed by atoms with van der Waals surface area (Å²) in [4.78, 5) is 22.7. The molecule has 0 aromatic carbocycles. The minimum atomic E-state index is -1.57. The van der Waals surface area contributed by atoms with Gasteiger partial charge in [0.1, 0.15) is 12.2 Å². The van der Waals surface area contributed by atoms with Gasteiger partial charge in [-0.25, -0.2) is 9.48 Å². The number of thioether (sulfide) groups is 1. The van der Waals surface area contributed by atoms with E-state index in [0.29, 0.717) is 31.2 Å². The van der Waals surface area contributed by atoms with Crippen LogP contribution in [0.2, 0.25) is 0 Å². The van der Waals surface area contributed by atoms with Crippen LogP contribution in [-0.2, 0) is 31.4 Å². The second kappa shape index (κ2) is 12.0. The Bertz CT molecular complexity index is 773. The summed E-state index contributed by atoms with van der Waals surface area (Å²) < 4.78 is 12.2. The fraction of sp³-hybridized carbons (Fsp3) is 0.667. The van der Waals surface area contributed by atoms with E-state index in [2.05, 4.69) is 15.6 Å². The van der Waals surface area contributed by atoms with Crippen LogP contribution in [0.25, 0.3) is 0 Å². The van der Waals surface area contributed by atoms with Crippen molar-refractivity contribution in [2.24, 2.45) is 0 Å². The largest absolute Gasteiger partial charge is 0.478 e. The number of aromatic nitrogens is 3. The van der Waals surface area contributed by atoms with Gasteiger partial charge in [0, 0.05) is 31.2 Å². The van der Waals surface area contributed by atoms with E-state index in [1.807, 2.05) is 6.92 Å². The van der Waals surface area contributed by atoms with Gasteiger partial charge in [0.25, 0.3) is 0 Å². The molecular weight excluding hydrogens is 432 g/mol. The first-order valence-electron chi connectivity index (χ1n) is 9.70. The van der Waals surface area contributed by atoms with Crippen molar-refractivity contribution in [1.29, 1.82) is 0 Å². The third kappa shape index (κ3) is 7.47. The number of ether oxygens (including phenoxy) is 2. The Kier molecular flexibility index (Phi) is 9.71. The minimum Gasteiger partial charge on any atom is -0.478 e. The average Bonchev–Trinajstić information content (AvgIpc) is 3.16. The third-order valence-corrected chi connectivity index (χ3v) is 5.49. The molecule has 1 aliphatic rings. The lowest BCUT2D eigenvalue weighted by molar-refractivity contribution is -0.147. The van der Waals surface area contributed by atoms with Gasteiger partial charge in [-0.1, -0.05) is 5.21 Å². The van der Waals surface area contributed by atoms with E-state index in [1.54, 1.807) is 10.9 Å². The normalized spacial score (nSPS) is 22.9. The van der Waals surface area contributed by atoms with E-state index in [-0.39, 0.29) is 5.75 Å². The topological polar surface area (TPSA) is 176 Å². The summed E-state index contributed by atoms with van der Waals surface area (Å²) in [5.74, 6) is -2.02. The van der Waals surface area contributed by atoms with Crippen molar-refractivity contribution in [3.05, 3.63) is 23.7 Å². The van der Waals surface area contributed by atoms with Crippen LogP contribution in [0.5, 0.6) is 0 Å². The van der Waals surface area contributed by atoms with Crippen LogP contribution < -0.4 is 5.32 Å². The van der Waals surface area contributed by atoms with Gasteiger partial charge in [-0.05, 0) is 13.0 Å². The fourth-order valence-corrected chi connectivity index (χ4v) is 3.83. The van der Waals surface area contributed by atoms with Crippen molar-refractivity contribution in [3.63, 3.8) is 0 Å². The second-order valence-electron chi connectivity index (χ2n) is 6.88. The highest BCUT2D eigenvalue weighted by Gasteiger charge is 2.43. The monoisotopic (exact) mass is 460 g/mol. The molecule has 174 valence electrons. The number of carbonyl (C=O) groups is 2. The Morgan fingerprint density at radius 1 is 1.42 bits per heavy atom. The SMILES string of the molecule is CCOCCn1cc(CSC[C@@H](O)[C@@H](O)[C@@H]2OC(C(=O)O)=C[C@H](O)[C@H]2NC(C)=O)nn1. The molecule has 0 bridgehead atoms. The lowest BCUT2D eigenvalue weighted by Gasteiger charge is -2.38. The summed E-state index contributed by atoms with van der Waals surface area (Å²) >= 11 is 1.28. The Balaban J connectivity index is 1.92. The Hall–Kier alpha value is -2.19. The molecule has 13 heteroatoms. The Morgan fingerprint density at radius 2 is 2.16 bits per heavy atom. The summed E-state index contributed by atoms with van der Waals surface area (Å²) in [6.07, 6.45) is -2.96. The van der Waals surface area contributed by atoms with Crippen molar-refractivity contribution in [3.8, 4) is 0 Å². The number of nitrogens with one attached hydrogen (secondary N) is 1. The zero-order valence-corrected chi connectivity index (χ0v) is 18.1. The number of carboxylic acid groups (broad SMARTS) is 1. The molecule has 5 N–H and O–H groups in total. The first kappa shape index (κ1) is 25.1. The number of hydrogen-bond acceptors (Lipinski definition) is 10. The van der Waals surface area contributed by atoms with Gasteiger partial charge < -0.3 is 35.2 Å². The molecule has 31 heavy (non-hydrogen) atoms. The number of hydrogen-bond donors (Lipinski definition) is 5. The molecule has 2 heterocycles. The molecule has 0 saturated carbocycles. The van der Waals surface area contributed by atoms with E-state index < -0.39 is 48.1 Å². The van der Waals surface area contributed by atoms with E-state index >= 15 is 0 Å². The summed E-state index contributed by atoms with van der Waals surface area (Å²) in [5.41, 5.74) is 0.680. The van der Waals surface area contributed by atoms with Crippen molar-refractivity contribution < 1.29 is 39.5 Å². The number of aliphatic hydroxyl groups is 3. The quantitative estimate of drug-likeness (QED) is 0.229. The Labute approximate surface area is 183 Å². The van der Waals surface area contributed by atoms with Gasteiger partial charge >= 0.3 is 5.97 Å². The summed E-state index contributed by atoms with van der Waals surface area (Å²) in [6, 6.07) is -1.12. The van der Waals surface area contributed by atoms with Gasteiger partial charge in [0.2, 0.25) is 11.7 Å². The van der Waals surface area contributed by atoms with Gasteiger partial charge in [0.05, 0.1) is 31.0 Å². The van der Waals surface area contributed by atoms with Gasteiger partial charge in [-0.3, -0.25) is 4.79 Å². The van der Waals surface area contributed by atoms with Crippen LogP contribution in [0.15, 0.2) is 18.0 Å². The summed E-state index contributed by atoms with van der Waals surface area (Å²) in [5, 5.41) is 50.7. The van der Waals surface area contributed by atoms with E-state index in [1.165, 1.54) is 18.7 Å². The molecule has 0 spiro atoms. The van der Waals surface area contributed by atoms with Crippen LogP contribution in [0.4, 0.5) is 0 Å².